The number of aromatic nitrogens is 1. The van der Waals surface area contributed by atoms with E-state index in [2.05, 4.69) is 10.5 Å². The van der Waals surface area contributed by atoms with E-state index in [0.29, 0.717) is 24.5 Å². The van der Waals surface area contributed by atoms with Gasteiger partial charge in [0.2, 0.25) is 11.8 Å². The van der Waals surface area contributed by atoms with Crippen LogP contribution in [0.25, 0.3) is 0 Å². The van der Waals surface area contributed by atoms with Gasteiger partial charge in [-0.2, -0.15) is 0 Å². The summed E-state index contributed by atoms with van der Waals surface area (Å²) in [5.41, 5.74) is 0. The van der Waals surface area contributed by atoms with Gasteiger partial charge >= 0.3 is 5.97 Å². The molecule has 9 heteroatoms. The molecule has 2 rings (SSSR count). The Balaban J connectivity index is 1.73. The molecule has 1 atom stereocenters. The minimum atomic E-state index is -0.841. The van der Waals surface area contributed by atoms with Gasteiger partial charge in [0.05, 0.1) is 11.5 Å². The second kappa shape index (κ2) is 9.45. The maximum absolute atomic E-state index is 12.4. The molecule has 0 spiro atoms. The molecule has 1 fully saturated rings. The molecule has 1 unspecified atom stereocenters. The van der Waals surface area contributed by atoms with Crippen LogP contribution in [-0.2, 0) is 14.4 Å². The number of rotatable bonds is 8. The third-order valence-corrected chi connectivity index (χ3v) is 4.91. The lowest BCUT2D eigenvalue weighted by molar-refractivity contribution is -0.139. The summed E-state index contributed by atoms with van der Waals surface area (Å²) >= 11 is 1.24. The summed E-state index contributed by atoms with van der Waals surface area (Å²) in [5.74, 6) is 0.194. The molecule has 1 aliphatic rings. The van der Waals surface area contributed by atoms with Crippen LogP contribution in [0.1, 0.15) is 37.9 Å². The van der Waals surface area contributed by atoms with Crippen LogP contribution in [0.4, 0.5) is 5.82 Å². The largest absolute Gasteiger partial charge is 0.481 e. The van der Waals surface area contributed by atoms with Crippen LogP contribution in [0.2, 0.25) is 0 Å². The first kappa shape index (κ1) is 19.3. The van der Waals surface area contributed by atoms with Crippen LogP contribution in [-0.4, -0.2) is 57.0 Å². The highest BCUT2D eigenvalue weighted by molar-refractivity contribution is 8.00. The second-order valence-corrected chi connectivity index (χ2v) is 7.02. The molecule has 0 bridgehead atoms. The van der Waals surface area contributed by atoms with Crippen molar-refractivity contribution in [1.29, 1.82) is 0 Å². The van der Waals surface area contributed by atoms with E-state index in [1.165, 1.54) is 11.8 Å². The van der Waals surface area contributed by atoms with Crippen molar-refractivity contribution in [3.05, 3.63) is 11.8 Å². The molecule has 1 saturated heterocycles. The van der Waals surface area contributed by atoms with Gasteiger partial charge in [-0.3, -0.25) is 14.4 Å². The molecule has 25 heavy (non-hydrogen) atoms. The molecule has 138 valence electrons. The van der Waals surface area contributed by atoms with Crippen molar-refractivity contribution in [2.24, 2.45) is 0 Å². The van der Waals surface area contributed by atoms with Crippen LogP contribution < -0.4 is 5.32 Å². The van der Waals surface area contributed by atoms with Gasteiger partial charge in [0.25, 0.3) is 0 Å². The Morgan fingerprint density at radius 1 is 1.40 bits per heavy atom. The zero-order valence-electron chi connectivity index (χ0n) is 14.2. The SMILES string of the molecule is Cc1cc(NC(=O)CSCC(=O)N2CCCCC2CCC(=O)O)no1. The number of piperidine rings is 1. The number of aliphatic carboxylic acids is 1. The van der Waals surface area contributed by atoms with E-state index in [9.17, 15) is 14.4 Å². The van der Waals surface area contributed by atoms with E-state index in [-0.39, 0.29) is 35.8 Å². The molecule has 2 heterocycles. The maximum atomic E-state index is 12.4. The molecule has 0 aliphatic carbocycles. The zero-order valence-corrected chi connectivity index (χ0v) is 15.0. The molecule has 8 nitrogen and oxygen atoms in total. The van der Waals surface area contributed by atoms with Crippen LogP contribution >= 0.6 is 11.8 Å². The van der Waals surface area contributed by atoms with E-state index in [0.717, 1.165) is 19.3 Å². The van der Waals surface area contributed by atoms with Crippen LogP contribution in [0.5, 0.6) is 0 Å². The van der Waals surface area contributed by atoms with Gasteiger partial charge in [0, 0.05) is 25.1 Å². The molecule has 2 amide bonds. The number of carboxylic acids is 1. The molecule has 1 aromatic heterocycles. The molecular formula is C16H23N3O5S. The molecule has 0 radical (unpaired) electrons. The summed E-state index contributed by atoms with van der Waals surface area (Å²) in [6.45, 7) is 2.39. The molecule has 1 aliphatic heterocycles. The summed E-state index contributed by atoms with van der Waals surface area (Å²) in [6, 6.07) is 1.61. The summed E-state index contributed by atoms with van der Waals surface area (Å²) in [4.78, 5) is 36.7. The Kier molecular flexibility index (Phi) is 7.30. The number of hydrogen-bond donors (Lipinski definition) is 2. The van der Waals surface area contributed by atoms with E-state index in [1.807, 2.05) is 0 Å². The van der Waals surface area contributed by atoms with E-state index in [4.69, 9.17) is 9.63 Å². The summed E-state index contributed by atoms with van der Waals surface area (Å²) < 4.78 is 4.86. The number of carboxylic acid groups (broad SMARTS) is 1. The lowest BCUT2D eigenvalue weighted by Gasteiger charge is -2.35. The van der Waals surface area contributed by atoms with Crippen molar-refractivity contribution >= 4 is 35.4 Å². The van der Waals surface area contributed by atoms with Crippen molar-refractivity contribution < 1.29 is 24.0 Å². The van der Waals surface area contributed by atoms with Crippen LogP contribution in [0, 0.1) is 6.92 Å². The number of aryl methyl sites for hydroxylation is 1. The molecule has 0 aromatic carbocycles. The first-order chi connectivity index (χ1) is 12.0. The topological polar surface area (TPSA) is 113 Å². The van der Waals surface area contributed by atoms with Gasteiger partial charge in [0.1, 0.15) is 5.76 Å². The number of carbonyl (C=O) groups excluding carboxylic acids is 2. The number of anilines is 1. The van der Waals surface area contributed by atoms with Crippen LogP contribution in [0.3, 0.4) is 0 Å². The van der Waals surface area contributed by atoms with E-state index >= 15 is 0 Å². The summed E-state index contributed by atoms with van der Waals surface area (Å²) in [6.07, 6.45) is 3.35. The lowest BCUT2D eigenvalue weighted by atomic mass is 9.98. The first-order valence-electron chi connectivity index (χ1n) is 8.28. The Morgan fingerprint density at radius 2 is 2.20 bits per heavy atom. The minimum Gasteiger partial charge on any atom is -0.481 e. The van der Waals surface area contributed by atoms with Crippen molar-refractivity contribution in [3.63, 3.8) is 0 Å². The Hall–Kier alpha value is -2.03. The highest BCUT2D eigenvalue weighted by Gasteiger charge is 2.26. The molecule has 0 saturated carbocycles. The third-order valence-electron chi connectivity index (χ3n) is 3.99. The van der Waals surface area contributed by atoms with E-state index in [1.54, 1.807) is 17.9 Å². The number of amides is 2. The Labute approximate surface area is 150 Å². The van der Waals surface area contributed by atoms with Crippen molar-refractivity contribution in [1.82, 2.24) is 10.1 Å². The van der Waals surface area contributed by atoms with E-state index < -0.39 is 5.97 Å². The number of carbonyl (C=O) groups is 3. The van der Waals surface area contributed by atoms with Crippen molar-refractivity contribution in [3.8, 4) is 0 Å². The summed E-state index contributed by atoms with van der Waals surface area (Å²) in [7, 11) is 0. The molecule has 1 aromatic rings. The second-order valence-electron chi connectivity index (χ2n) is 6.03. The van der Waals surface area contributed by atoms with Gasteiger partial charge in [-0.1, -0.05) is 5.16 Å². The van der Waals surface area contributed by atoms with Crippen LogP contribution in [0.15, 0.2) is 10.6 Å². The van der Waals surface area contributed by atoms with Crippen molar-refractivity contribution in [2.75, 3.05) is 23.4 Å². The van der Waals surface area contributed by atoms with Gasteiger partial charge < -0.3 is 19.8 Å². The first-order valence-corrected chi connectivity index (χ1v) is 9.43. The standard InChI is InChI=1S/C16H23N3O5S/c1-11-8-13(18-24-11)17-14(20)9-25-10-15(21)19-7-3-2-4-12(19)5-6-16(22)23/h8,12H,2-7,9-10H2,1H3,(H,22,23)(H,17,18,20). The van der Waals surface area contributed by atoms with Gasteiger partial charge in [-0.05, 0) is 32.6 Å². The average Bonchev–Trinajstić information content (AvgIpc) is 2.97. The minimum absolute atomic E-state index is 0.00937. The highest BCUT2D eigenvalue weighted by Crippen LogP contribution is 2.22. The molecule has 2 N–H and O–H groups in total. The number of nitrogens with one attached hydrogen (secondary N) is 1. The number of hydrogen-bond acceptors (Lipinski definition) is 6. The van der Waals surface area contributed by atoms with Gasteiger partial charge in [0.15, 0.2) is 5.82 Å². The third kappa shape index (κ3) is 6.41. The quantitative estimate of drug-likeness (QED) is 0.719. The fourth-order valence-corrected chi connectivity index (χ4v) is 3.54. The Morgan fingerprint density at radius 3 is 2.88 bits per heavy atom. The van der Waals surface area contributed by atoms with Crippen molar-refractivity contribution in [2.45, 2.75) is 45.1 Å². The Bertz CT molecular complexity index is 619. The predicted molar refractivity (Wildman–Crippen MR) is 93.4 cm³/mol. The predicted octanol–water partition coefficient (Wildman–Crippen LogP) is 1.90. The monoisotopic (exact) mass is 369 g/mol. The fraction of sp³-hybridized carbons (Fsp3) is 0.625. The smallest absolute Gasteiger partial charge is 0.303 e. The molecular weight excluding hydrogens is 346 g/mol. The fourth-order valence-electron chi connectivity index (χ4n) is 2.84. The number of nitrogens with zero attached hydrogens (tertiary/aromatic N) is 2. The highest BCUT2D eigenvalue weighted by atomic mass is 32.2. The van der Waals surface area contributed by atoms with Gasteiger partial charge in [-0.25, -0.2) is 0 Å². The number of thioether (sulfide) groups is 1. The number of likely N-dealkylation sites (tertiary alicyclic amines) is 1. The summed E-state index contributed by atoms with van der Waals surface area (Å²) in [5, 5.41) is 15.1. The average molecular weight is 369 g/mol. The zero-order chi connectivity index (χ0) is 18.2. The normalized spacial score (nSPS) is 17.3. The van der Waals surface area contributed by atoms with Gasteiger partial charge in [-0.15, -0.1) is 11.8 Å². The lowest BCUT2D eigenvalue weighted by Crippen LogP contribution is -2.44. The maximum Gasteiger partial charge on any atom is 0.303 e.